The molecule has 1 aliphatic rings. The standard InChI is InChI=1S/C14H27N3O3/c1-10(17-7-5-4-6-8-17)9-15-14(20)16-12(3)11(2)13(18)19/h10-12H,4-9H2,1-3H3,(H,18,19)(H2,15,16,20). The molecule has 1 heterocycles. The number of amides is 2. The lowest BCUT2D eigenvalue weighted by Crippen LogP contribution is -2.49. The summed E-state index contributed by atoms with van der Waals surface area (Å²) in [5, 5.41) is 14.4. The summed E-state index contributed by atoms with van der Waals surface area (Å²) in [5.41, 5.74) is 0. The smallest absolute Gasteiger partial charge is 0.315 e. The lowest BCUT2D eigenvalue weighted by atomic mass is 10.0. The lowest BCUT2D eigenvalue weighted by Gasteiger charge is -2.32. The number of carboxylic acid groups (broad SMARTS) is 1. The fourth-order valence-corrected chi connectivity index (χ4v) is 2.33. The Bertz CT molecular complexity index is 330. The summed E-state index contributed by atoms with van der Waals surface area (Å²) < 4.78 is 0. The number of carboxylic acids is 1. The second-order valence-electron chi connectivity index (χ2n) is 5.72. The third-order valence-electron chi connectivity index (χ3n) is 4.07. The highest BCUT2D eigenvalue weighted by molar-refractivity contribution is 5.76. The van der Waals surface area contributed by atoms with Gasteiger partial charge in [0.2, 0.25) is 0 Å². The third kappa shape index (κ3) is 5.36. The number of carbonyl (C=O) groups is 2. The maximum absolute atomic E-state index is 11.7. The van der Waals surface area contributed by atoms with Crippen molar-refractivity contribution in [2.45, 2.75) is 52.1 Å². The minimum Gasteiger partial charge on any atom is -0.481 e. The van der Waals surface area contributed by atoms with Crippen molar-refractivity contribution in [2.75, 3.05) is 19.6 Å². The molecule has 0 spiro atoms. The molecule has 2 amide bonds. The summed E-state index contributed by atoms with van der Waals surface area (Å²) in [5.74, 6) is -1.50. The Hall–Kier alpha value is -1.30. The molecule has 116 valence electrons. The van der Waals surface area contributed by atoms with Gasteiger partial charge in [-0.25, -0.2) is 4.79 Å². The summed E-state index contributed by atoms with van der Waals surface area (Å²) >= 11 is 0. The lowest BCUT2D eigenvalue weighted by molar-refractivity contribution is -0.141. The Balaban J connectivity index is 2.26. The van der Waals surface area contributed by atoms with Crippen molar-refractivity contribution in [3.05, 3.63) is 0 Å². The van der Waals surface area contributed by atoms with Crippen LogP contribution >= 0.6 is 0 Å². The van der Waals surface area contributed by atoms with E-state index in [0.717, 1.165) is 13.1 Å². The maximum atomic E-state index is 11.7. The zero-order chi connectivity index (χ0) is 15.1. The van der Waals surface area contributed by atoms with Gasteiger partial charge < -0.3 is 15.7 Å². The topological polar surface area (TPSA) is 81.7 Å². The molecular formula is C14H27N3O3. The zero-order valence-corrected chi connectivity index (χ0v) is 12.7. The molecule has 20 heavy (non-hydrogen) atoms. The molecule has 1 saturated heterocycles. The summed E-state index contributed by atoms with van der Waals surface area (Å²) in [6.45, 7) is 8.17. The summed E-state index contributed by atoms with van der Waals surface area (Å²) in [7, 11) is 0. The van der Waals surface area contributed by atoms with Crippen LogP contribution in [0.1, 0.15) is 40.0 Å². The van der Waals surface area contributed by atoms with Crippen LogP contribution in [0.4, 0.5) is 4.79 Å². The maximum Gasteiger partial charge on any atom is 0.315 e. The van der Waals surface area contributed by atoms with Crippen LogP contribution in [-0.4, -0.2) is 53.7 Å². The van der Waals surface area contributed by atoms with E-state index >= 15 is 0 Å². The molecule has 0 aromatic heterocycles. The highest BCUT2D eigenvalue weighted by Gasteiger charge is 2.21. The number of urea groups is 1. The second kappa shape index (κ2) is 8.09. The number of nitrogens with zero attached hydrogens (tertiary/aromatic N) is 1. The monoisotopic (exact) mass is 285 g/mol. The molecular weight excluding hydrogens is 258 g/mol. The van der Waals surface area contributed by atoms with E-state index in [1.807, 2.05) is 0 Å². The van der Waals surface area contributed by atoms with E-state index in [1.165, 1.54) is 19.3 Å². The molecule has 0 aromatic carbocycles. The van der Waals surface area contributed by atoms with E-state index in [-0.39, 0.29) is 6.03 Å². The molecule has 0 bridgehead atoms. The highest BCUT2D eigenvalue weighted by atomic mass is 16.4. The van der Waals surface area contributed by atoms with Gasteiger partial charge in [-0.3, -0.25) is 9.69 Å². The molecule has 1 aliphatic heterocycles. The van der Waals surface area contributed by atoms with Crippen LogP contribution in [0.15, 0.2) is 0 Å². The first-order chi connectivity index (χ1) is 9.41. The summed E-state index contributed by atoms with van der Waals surface area (Å²) in [6, 6.07) is -0.375. The van der Waals surface area contributed by atoms with Gasteiger partial charge in [0.05, 0.1) is 5.92 Å². The van der Waals surface area contributed by atoms with Crippen LogP contribution in [0.5, 0.6) is 0 Å². The highest BCUT2D eigenvalue weighted by Crippen LogP contribution is 2.11. The fraction of sp³-hybridized carbons (Fsp3) is 0.857. The Morgan fingerprint density at radius 1 is 1.15 bits per heavy atom. The van der Waals surface area contributed by atoms with Gasteiger partial charge in [-0.2, -0.15) is 0 Å². The van der Waals surface area contributed by atoms with Gasteiger partial charge in [0, 0.05) is 18.6 Å². The Labute approximate surface area is 120 Å². The number of hydrogen-bond acceptors (Lipinski definition) is 3. The van der Waals surface area contributed by atoms with E-state index in [9.17, 15) is 9.59 Å². The first-order valence-corrected chi connectivity index (χ1v) is 7.43. The summed E-state index contributed by atoms with van der Waals surface area (Å²) in [6.07, 6.45) is 3.75. The van der Waals surface area contributed by atoms with Gasteiger partial charge in [-0.1, -0.05) is 6.42 Å². The van der Waals surface area contributed by atoms with Crippen molar-refractivity contribution in [3.63, 3.8) is 0 Å². The van der Waals surface area contributed by atoms with Crippen molar-refractivity contribution in [3.8, 4) is 0 Å². The van der Waals surface area contributed by atoms with Gasteiger partial charge in [0.1, 0.15) is 0 Å². The predicted octanol–water partition coefficient (Wildman–Crippen LogP) is 1.27. The average Bonchev–Trinajstić information content (AvgIpc) is 2.44. The van der Waals surface area contributed by atoms with E-state index in [2.05, 4.69) is 22.5 Å². The number of nitrogens with one attached hydrogen (secondary N) is 2. The van der Waals surface area contributed by atoms with Crippen LogP contribution in [0, 0.1) is 5.92 Å². The van der Waals surface area contributed by atoms with Gasteiger partial charge in [0.25, 0.3) is 0 Å². The predicted molar refractivity (Wildman–Crippen MR) is 77.7 cm³/mol. The third-order valence-corrected chi connectivity index (χ3v) is 4.07. The minimum atomic E-state index is -0.903. The van der Waals surface area contributed by atoms with Gasteiger partial charge in [-0.05, 0) is 46.7 Å². The Kier molecular flexibility index (Phi) is 6.78. The molecule has 3 unspecified atom stereocenters. The van der Waals surface area contributed by atoms with Crippen LogP contribution in [0.25, 0.3) is 0 Å². The van der Waals surface area contributed by atoms with Gasteiger partial charge in [-0.15, -0.1) is 0 Å². The first kappa shape index (κ1) is 16.8. The molecule has 0 radical (unpaired) electrons. The van der Waals surface area contributed by atoms with Crippen LogP contribution in [-0.2, 0) is 4.79 Å². The second-order valence-corrected chi connectivity index (χ2v) is 5.72. The van der Waals surface area contributed by atoms with Gasteiger partial charge in [0.15, 0.2) is 0 Å². The van der Waals surface area contributed by atoms with E-state index in [1.54, 1.807) is 13.8 Å². The quantitative estimate of drug-likeness (QED) is 0.686. The number of likely N-dealkylation sites (tertiary alicyclic amines) is 1. The van der Waals surface area contributed by atoms with E-state index < -0.39 is 17.9 Å². The first-order valence-electron chi connectivity index (χ1n) is 7.43. The van der Waals surface area contributed by atoms with Crippen LogP contribution in [0.3, 0.4) is 0 Å². The zero-order valence-electron chi connectivity index (χ0n) is 12.7. The normalized spacial score (nSPS) is 20.8. The Morgan fingerprint density at radius 3 is 2.30 bits per heavy atom. The van der Waals surface area contributed by atoms with Crippen molar-refractivity contribution < 1.29 is 14.7 Å². The fourth-order valence-electron chi connectivity index (χ4n) is 2.33. The van der Waals surface area contributed by atoms with Crippen molar-refractivity contribution in [1.82, 2.24) is 15.5 Å². The molecule has 3 N–H and O–H groups in total. The number of piperidine rings is 1. The summed E-state index contributed by atoms with van der Waals surface area (Å²) in [4.78, 5) is 24.9. The van der Waals surface area contributed by atoms with E-state index in [4.69, 9.17) is 5.11 Å². The molecule has 6 heteroatoms. The largest absolute Gasteiger partial charge is 0.481 e. The van der Waals surface area contributed by atoms with Crippen molar-refractivity contribution in [1.29, 1.82) is 0 Å². The SMILES string of the molecule is CC(NC(=O)NCC(C)N1CCCCC1)C(C)C(=O)O. The molecule has 0 saturated carbocycles. The molecule has 3 atom stereocenters. The molecule has 0 aliphatic carbocycles. The molecule has 1 fully saturated rings. The molecule has 1 rings (SSSR count). The van der Waals surface area contributed by atoms with Crippen LogP contribution < -0.4 is 10.6 Å². The number of carbonyl (C=O) groups excluding carboxylic acids is 1. The van der Waals surface area contributed by atoms with Crippen molar-refractivity contribution >= 4 is 12.0 Å². The average molecular weight is 285 g/mol. The molecule has 0 aromatic rings. The number of hydrogen-bond donors (Lipinski definition) is 3. The number of aliphatic carboxylic acids is 1. The molecule has 6 nitrogen and oxygen atoms in total. The van der Waals surface area contributed by atoms with Crippen molar-refractivity contribution in [2.24, 2.45) is 5.92 Å². The minimum absolute atomic E-state index is 0.297. The van der Waals surface area contributed by atoms with Gasteiger partial charge >= 0.3 is 12.0 Å². The van der Waals surface area contributed by atoms with E-state index in [0.29, 0.717) is 12.6 Å². The number of rotatable bonds is 6. The van der Waals surface area contributed by atoms with Crippen LogP contribution in [0.2, 0.25) is 0 Å². The Morgan fingerprint density at radius 2 is 1.75 bits per heavy atom.